The summed E-state index contributed by atoms with van der Waals surface area (Å²) in [6, 6.07) is 1.70. The number of anilines is 1. The number of ether oxygens (including phenoxy) is 2. The first kappa shape index (κ1) is 15.1. The predicted molar refractivity (Wildman–Crippen MR) is 84.5 cm³/mol. The molecule has 5 nitrogen and oxygen atoms in total. The van der Waals surface area contributed by atoms with Crippen molar-refractivity contribution in [2.45, 2.75) is 12.8 Å². The third-order valence-corrected chi connectivity index (χ3v) is 4.47. The first-order valence-electron chi connectivity index (χ1n) is 7.22. The maximum atomic E-state index is 12.0. The van der Waals surface area contributed by atoms with E-state index < -0.39 is 5.97 Å². The van der Waals surface area contributed by atoms with Crippen molar-refractivity contribution in [2.75, 3.05) is 38.3 Å². The zero-order chi connectivity index (χ0) is 15.6. The molecule has 0 aromatic carbocycles. The molecule has 1 aromatic heterocycles. The number of carbonyl (C=O) groups excluding carboxylic acids is 1. The highest BCUT2D eigenvalue weighted by Crippen LogP contribution is 2.42. The average molecular weight is 317 g/mol. The zero-order valence-electron chi connectivity index (χ0n) is 12.4. The molecule has 0 N–H and O–H groups in total. The van der Waals surface area contributed by atoms with E-state index in [1.165, 1.54) is 7.11 Å². The van der Waals surface area contributed by atoms with E-state index in [-0.39, 0.29) is 0 Å². The Morgan fingerprint density at radius 3 is 2.82 bits per heavy atom. The molecular formula is C16H17N2O3S-. The molecule has 1 spiro atoms. The lowest BCUT2D eigenvalue weighted by molar-refractivity contribution is -0.000587. The molecule has 2 aliphatic rings. The highest BCUT2D eigenvalue weighted by molar-refractivity contribution is 7.64. The molecule has 0 unspecified atom stereocenters. The van der Waals surface area contributed by atoms with Crippen LogP contribution in [0.3, 0.4) is 0 Å². The van der Waals surface area contributed by atoms with E-state index >= 15 is 0 Å². The van der Waals surface area contributed by atoms with Gasteiger partial charge in [0.25, 0.3) is 0 Å². The summed E-state index contributed by atoms with van der Waals surface area (Å²) in [5, 5.41) is 2.41. The Kier molecular flexibility index (Phi) is 4.19. The molecule has 0 saturated carbocycles. The van der Waals surface area contributed by atoms with Crippen LogP contribution in [0.2, 0.25) is 0 Å². The van der Waals surface area contributed by atoms with Crippen molar-refractivity contribution >= 4 is 24.4 Å². The second-order valence-electron chi connectivity index (χ2n) is 5.78. The van der Waals surface area contributed by atoms with Crippen molar-refractivity contribution in [1.29, 1.82) is 0 Å². The van der Waals surface area contributed by atoms with Crippen molar-refractivity contribution in [1.82, 2.24) is 4.98 Å². The van der Waals surface area contributed by atoms with Crippen LogP contribution in [0.15, 0.2) is 12.3 Å². The summed E-state index contributed by atoms with van der Waals surface area (Å²) in [6.07, 6.45) is 3.78. The standard InChI is InChI=1S/C16H18N2O3S/c1-20-15(19)13-8-12(2-7-22)9-17-14(13)18-10-16(11-18)3-5-21-6-4-16/h8-9,22H,3-6,10-11H2,1H3/p-1. The number of pyridine rings is 1. The molecular weight excluding hydrogens is 300 g/mol. The minimum atomic E-state index is -0.400. The van der Waals surface area contributed by atoms with Crippen molar-refractivity contribution in [3.63, 3.8) is 0 Å². The molecule has 0 amide bonds. The fourth-order valence-corrected chi connectivity index (χ4v) is 3.25. The summed E-state index contributed by atoms with van der Waals surface area (Å²) in [5.41, 5.74) is 1.38. The van der Waals surface area contributed by atoms with E-state index in [0.717, 1.165) is 39.1 Å². The fraction of sp³-hybridized carbons (Fsp3) is 0.500. The molecule has 22 heavy (non-hydrogen) atoms. The van der Waals surface area contributed by atoms with Crippen LogP contribution in [0.25, 0.3) is 0 Å². The summed E-state index contributed by atoms with van der Waals surface area (Å²) in [5.74, 6) is 3.01. The van der Waals surface area contributed by atoms with Gasteiger partial charge < -0.3 is 27.0 Å². The average Bonchev–Trinajstić information content (AvgIpc) is 2.53. The Balaban J connectivity index is 1.84. The van der Waals surface area contributed by atoms with E-state index in [9.17, 15) is 4.79 Å². The van der Waals surface area contributed by atoms with Gasteiger partial charge in [0.15, 0.2) is 0 Å². The summed E-state index contributed by atoms with van der Waals surface area (Å²) < 4.78 is 10.3. The summed E-state index contributed by atoms with van der Waals surface area (Å²) >= 11 is 4.64. The van der Waals surface area contributed by atoms with Crippen LogP contribution < -0.4 is 4.90 Å². The fourth-order valence-electron chi connectivity index (χ4n) is 3.13. The van der Waals surface area contributed by atoms with Crippen LogP contribution in [0.1, 0.15) is 28.8 Å². The van der Waals surface area contributed by atoms with E-state index in [2.05, 4.69) is 33.7 Å². The van der Waals surface area contributed by atoms with Crippen LogP contribution in [-0.2, 0) is 22.1 Å². The Morgan fingerprint density at radius 2 is 2.18 bits per heavy atom. The van der Waals surface area contributed by atoms with Gasteiger partial charge in [0.2, 0.25) is 0 Å². The van der Waals surface area contributed by atoms with E-state index in [1.807, 2.05) is 0 Å². The van der Waals surface area contributed by atoms with Gasteiger partial charge in [-0.3, -0.25) is 0 Å². The topological polar surface area (TPSA) is 51.7 Å². The number of hydrogen-bond donors (Lipinski definition) is 0. The number of methoxy groups -OCH3 is 1. The molecule has 3 heterocycles. The van der Waals surface area contributed by atoms with Gasteiger partial charge in [0, 0.05) is 43.5 Å². The van der Waals surface area contributed by atoms with Gasteiger partial charge in [-0.15, -0.1) is 0 Å². The highest BCUT2D eigenvalue weighted by atomic mass is 32.1. The second-order valence-corrected chi connectivity index (χ2v) is 5.99. The predicted octanol–water partition coefficient (Wildman–Crippen LogP) is 1.34. The van der Waals surface area contributed by atoms with E-state index in [1.54, 1.807) is 12.3 Å². The normalized spacial score (nSPS) is 19.0. The van der Waals surface area contributed by atoms with Crippen LogP contribution in [0, 0.1) is 16.6 Å². The van der Waals surface area contributed by atoms with Crippen LogP contribution in [0.5, 0.6) is 0 Å². The number of esters is 1. The van der Waals surface area contributed by atoms with Crippen LogP contribution >= 0.6 is 0 Å². The minimum Gasteiger partial charge on any atom is -0.724 e. The number of carbonyl (C=O) groups is 1. The first-order valence-corrected chi connectivity index (χ1v) is 7.62. The number of rotatable bonds is 2. The third-order valence-electron chi connectivity index (χ3n) is 4.37. The van der Waals surface area contributed by atoms with Gasteiger partial charge in [-0.05, 0) is 18.9 Å². The maximum absolute atomic E-state index is 12.0. The Hall–Kier alpha value is -1.84. The summed E-state index contributed by atoms with van der Waals surface area (Å²) in [4.78, 5) is 18.6. The number of aromatic nitrogens is 1. The van der Waals surface area contributed by atoms with Crippen LogP contribution in [-0.4, -0.2) is 44.4 Å². The largest absolute Gasteiger partial charge is 0.724 e. The van der Waals surface area contributed by atoms with Gasteiger partial charge in [-0.2, -0.15) is 0 Å². The molecule has 6 heteroatoms. The zero-order valence-corrected chi connectivity index (χ0v) is 13.2. The van der Waals surface area contributed by atoms with E-state index in [4.69, 9.17) is 9.47 Å². The molecule has 2 aliphatic heterocycles. The minimum absolute atomic E-state index is 0.312. The highest BCUT2D eigenvalue weighted by Gasteiger charge is 2.45. The van der Waals surface area contributed by atoms with Crippen molar-refractivity contribution < 1.29 is 14.3 Å². The van der Waals surface area contributed by atoms with Crippen molar-refractivity contribution in [3.8, 4) is 11.2 Å². The molecule has 0 atom stereocenters. The summed E-state index contributed by atoms with van der Waals surface area (Å²) in [7, 11) is 1.37. The Bertz CT molecular complexity index is 637. The third kappa shape index (κ3) is 2.74. The molecule has 2 saturated heterocycles. The van der Waals surface area contributed by atoms with Gasteiger partial charge in [-0.1, -0.05) is 5.92 Å². The van der Waals surface area contributed by atoms with Gasteiger partial charge in [0.1, 0.15) is 11.4 Å². The molecule has 0 aliphatic carbocycles. The first-order chi connectivity index (χ1) is 10.7. The molecule has 3 rings (SSSR count). The summed E-state index contributed by atoms with van der Waals surface area (Å²) in [6.45, 7) is 3.44. The lowest BCUT2D eigenvalue weighted by Crippen LogP contribution is -2.59. The molecule has 2 fully saturated rings. The van der Waals surface area contributed by atoms with Crippen molar-refractivity contribution in [3.05, 3.63) is 23.4 Å². The van der Waals surface area contributed by atoms with Gasteiger partial charge >= 0.3 is 5.97 Å². The monoisotopic (exact) mass is 317 g/mol. The van der Waals surface area contributed by atoms with E-state index in [0.29, 0.717) is 22.4 Å². The lowest BCUT2D eigenvalue weighted by Gasteiger charge is -2.53. The number of nitrogens with zero attached hydrogens (tertiary/aromatic N) is 2. The molecule has 116 valence electrons. The van der Waals surface area contributed by atoms with Crippen molar-refractivity contribution in [2.24, 2.45) is 5.41 Å². The number of hydrogen-bond acceptors (Lipinski definition) is 6. The molecule has 0 radical (unpaired) electrons. The quantitative estimate of drug-likeness (QED) is 0.466. The van der Waals surface area contributed by atoms with Gasteiger partial charge in [0.05, 0.1) is 7.11 Å². The SMILES string of the molecule is COC(=O)c1cc(C#C[S-])cnc1N1CC2(CCOCC2)C1. The molecule has 0 bridgehead atoms. The van der Waals surface area contributed by atoms with Crippen LogP contribution in [0.4, 0.5) is 5.82 Å². The van der Waals surface area contributed by atoms with Gasteiger partial charge in [-0.25, -0.2) is 15.0 Å². The molecule has 1 aromatic rings. The Labute approximate surface area is 135 Å². The Morgan fingerprint density at radius 1 is 1.45 bits per heavy atom. The lowest BCUT2D eigenvalue weighted by atomic mass is 9.73. The second kappa shape index (κ2) is 6.11. The maximum Gasteiger partial charge on any atom is 0.341 e. The smallest absolute Gasteiger partial charge is 0.341 e.